The third-order valence-electron chi connectivity index (χ3n) is 4.76. The van der Waals surface area contributed by atoms with Crippen molar-refractivity contribution in [2.24, 2.45) is 5.92 Å². The zero-order valence-electron chi connectivity index (χ0n) is 14.4. The number of nitrogens with zero attached hydrogens (tertiary/aromatic N) is 1. The van der Waals surface area contributed by atoms with Gasteiger partial charge >= 0.3 is 0 Å². The molecular weight excluding hydrogens is 266 g/mol. The second-order valence-electron chi connectivity index (χ2n) is 6.27. The van der Waals surface area contributed by atoms with Gasteiger partial charge in [-0.2, -0.15) is 0 Å². The zero-order chi connectivity index (χ0) is 16.3. The van der Waals surface area contributed by atoms with Crippen LogP contribution in [0.25, 0.3) is 0 Å². The molecule has 2 atom stereocenters. The molecule has 0 spiro atoms. The lowest BCUT2D eigenvalue weighted by molar-refractivity contribution is -0.930. The van der Waals surface area contributed by atoms with Crippen LogP contribution in [0.3, 0.4) is 0 Å². The van der Waals surface area contributed by atoms with Gasteiger partial charge < -0.3 is 19.5 Å². The summed E-state index contributed by atoms with van der Waals surface area (Å²) in [6.45, 7) is 11.2. The van der Waals surface area contributed by atoms with Crippen molar-refractivity contribution in [3.05, 3.63) is 0 Å². The van der Waals surface area contributed by atoms with E-state index in [4.69, 9.17) is 0 Å². The van der Waals surface area contributed by atoms with Gasteiger partial charge in [-0.1, -0.05) is 39.5 Å². The normalized spacial score (nSPS) is 14.9. The smallest absolute Gasteiger partial charge is 0.105 e. The third-order valence-corrected chi connectivity index (χ3v) is 4.76. The number of carboxylic acid groups (broad SMARTS) is 1. The molecule has 0 aliphatic heterocycles. The Bertz CT molecular complexity index is 277. The van der Waals surface area contributed by atoms with E-state index in [2.05, 4.69) is 20.8 Å². The number of unbranched alkanes of at least 4 members (excludes halogenated alkanes) is 3. The van der Waals surface area contributed by atoms with Crippen molar-refractivity contribution >= 4 is 5.97 Å². The summed E-state index contributed by atoms with van der Waals surface area (Å²) < 4.78 is 0.668. The van der Waals surface area contributed by atoms with E-state index in [1.807, 2.05) is 6.92 Å². The minimum Gasteiger partial charge on any atom is -0.550 e. The van der Waals surface area contributed by atoms with Gasteiger partial charge in [0.15, 0.2) is 0 Å². The van der Waals surface area contributed by atoms with Gasteiger partial charge in [0.05, 0.1) is 25.6 Å². The highest BCUT2D eigenvalue weighted by Gasteiger charge is 2.30. The Morgan fingerprint density at radius 1 is 1.05 bits per heavy atom. The third kappa shape index (κ3) is 7.82. The van der Waals surface area contributed by atoms with E-state index in [0.29, 0.717) is 24.0 Å². The van der Waals surface area contributed by atoms with Crippen molar-refractivity contribution < 1.29 is 19.5 Å². The van der Waals surface area contributed by atoms with Gasteiger partial charge in [-0.05, 0) is 26.7 Å². The lowest BCUT2D eigenvalue weighted by Crippen LogP contribution is -2.56. The second kappa shape index (κ2) is 11.0. The Balaban J connectivity index is 4.53. The average Bonchev–Trinajstić information content (AvgIpc) is 2.47. The van der Waals surface area contributed by atoms with Gasteiger partial charge in [0.2, 0.25) is 0 Å². The molecule has 0 rings (SSSR count). The van der Waals surface area contributed by atoms with Gasteiger partial charge in [-0.25, -0.2) is 0 Å². The van der Waals surface area contributed by atoms with Crippen molar-refractivity contribution in [2.75, 3.05) is 26.2 Å². The van der Waals surface area contributed by atoms with Crippen molar-refractivity contribution in [3.63, 3.8) is 0 Å². The number of carbonyl (C=O) groups is 1. The highest BCUT2D eigenvalue weighted by atomic mass is 16.4. The van der Waals surface area contributed by atoms with E-state index >= 15 is 0 Å². The Labute approximate surface area is 130 Å². The van der Waals surface area contributed by atoms with Gasteiger partial charge in [-0.3, -0.25) is 0 Å². The summed E-state index contributed by atoms with van der Waals surface area (Å²) in [5.41, 5.74) is 0. The quantitative estimate of drug-likeness (QED) is 0.418. The molecule has 0 fully saturated rings. The number of quaternary nitrogens is 1. The molecule has 2 unspecified atom stereocenters. The molecule has 0 bridgehead atoms. The summed E-state index contributed by atoms with van der Waals surface area (Å²) in [6.07, 6.45) is 5.72. The number of hydrogen-bond donors (Lipinski definition) is 1. The summed E-state index contributed by atoms with van der Waals surface area (Å²) in [7, 11) is 0. The number of likely N-dealkylation sites (N-methyl/N-ethyl adjacent to an activating group) is 1. The number of aliphatic hydroxyl groups is 1. The molecule has 0 saturated heterocycles. The molecule has 0 aromatic rings. The molecule has 0 radical (unpaired) electrons. The molecular formula is C17H35NO3. The maximum absolute atomic E-state index is 11.2. The number of rotatable bonds is 13. The second-order valence-corrected chi connectivity index (χ2v) is 6.27. The minimum atomic E-state index is -0.959. The summed E-state index contributed by atoms with van der Waals surface area (Å²) in [5.74, 6) is -1.38. The number of aliphatic carboxylic acids is 1. The molecule has 0 amide bonds. The Hall–Kier alpha value is -0.610. The maximum Gasteiger partial charge on any atom is 0.105 e. The van der Waals surface area contributed by atoms with Crippen LogP contribution in [0.15, 0.2) is 0 Å². The molecule has 4 heteroatoms. The van der Waals surface area contributed by atoms with Crippen LogP contribution in [-0.2, 0) is 4.79 Å². The van der Waals surface area contributed by atoms with Gasteiger partial charge in [0, 0.05) is 5.92 Å². The van der Waals surface area contributed by atoms with Gasteiger partial charge in [-0.15, -0.1) is 0 Å². The number of hydrogen-bond acceptors (Lipinski definition) is 3. The first-order valence-electron chi connectivity index (χ1n) is 8.68. The molecule has 126 valence electrons. The predicted molar refractivity (Wildman–Crippen MR) is 84.6 cm³/mol. The Kier molecular flexibility index (Phi) is 10.7. The summed E-state index contributed by atoms with van der Waals surface area (Å²) >= 11 is 0. The molecule has 21 heavy (non-hydrogen) atoms. The minimum absolute atomic E-state index is 0.332. The van der Waals surface area contributed by atoms with Crippen molar-refractivity contribution in [1.29, 1.82) is 0 Å². The lowest BCUT2D eigenvalue weighted by Gasteiger charge is -2.41. The number of carbonyl (C=O) groups excluding carboxylic acids is 1. The van der Waals surface area contributed by atoms with E-state index in [-0.39, 0.29) is 6.10 Å². The summed E-state index contributed by atoms with van der Waals surface area (Å²) in [6, 6.07) is 0. The first-order chi connectivity index (χ1) is 9.94. The molecule has 4 nitrogen and oxygen atoms in total. The van der Waals surface area contributed by atoms with Crippen LogP contribution in [-0.4, -0.2) is 47.8 Å². The van der Waals surface area contributed by atoms with E-state index < -0.39 is 11.9 Å². The number of carboxylic acids is 1. The molecule has 0 saturated carbocycles. The highest BCUT2D eigenvalue weighted by molar-refractivity contribution is 5.67. The first kappa shape index (κ1) is 20.4. The highest BCUT2D eigenvalue weighted by Crippen LogP contribution is 2.17. The van der Waals surface area contributed by atoms with Crippen LogP contribution in [0, 0.1) is 5.92 Å². The molecule has 0 heterocycles. The van der Waals surface area contributed by atoms with E-state index in [9.17, 15) is 15.0 Å². The van der Waals surface area contributed by atoms with Crippen LogP contribution < -0.4 is 5.11 Å². The lowest BCUT2D eigenvalue weighted by atomic mass is 10.0. The number of aliphatic hydroxyl groups excluding tert-OH is 1. The molecule has 0 aliphatic rings. The van der Waals surface area contributed by atoms with Crippen LogP contribution in [0.2, 0.25) is 0 Å². The van der Waals surface area contributed by atoms with Crippen molar-refractivity contribution in [1.82, 2.24) is 0 Å². The van der Waals surface area contributed by atoms with Gasteiger partial charge in [0.25, 0.3) is 0 Å². The van der Waals surface area contributed by atoms with Crippen LogP contribution in [0.5, 0.6) is 0 Å². The van der Waals surface area contributed by atoms with Crippen molar-refractivity contribution in [3.8, 4) is 0 Å². The van der Waals surface area contributed by atoms with Crippen LogP contribution in [0.1, 0.15) is 66.2 Å². The predicted octanol–water partition coefficient (Wildman–Crippen LogP) is 1.95. The largest absolute Gasteiger partial charge is 0.550 e. The summed E-state index contributed by atoms with van der Waals surface area (Å²) in [5, 5.41) is 21.5. The fraction of sp³-hybridized carbons (Fsp3) is 0.941. The molecule has 0 aromatic carbocycles. The fourth-order valence-corrected chi connectivity index (χ4v) is 3.00. The Morgan fingerprint density at radius 2 is 1.67 bits per heavy atom. The van der Waals surface area contributed by atoms with E-state index in [1.165, 1.54) is 19.3 Å². The van der Waals surface area contributed by atoms with Crippen LogP contribution in [0.4, 0.5) is 0 Å². The molecule has 0 aromatic heterocycles. The molecule has 0 aliphatic carbocycles. The monoisotopic (exact) mass is 301 g/mol. The van der Waals surface area contributed by atoms with Gasteiger partial charge in [0.1, 0.15) is 12.6 Å². The Morgan fingerprint density at radius 3 is 2.10 bits per heavy atom. The standard InChI is InChI=1S/C17H35NO3/c1-5-9-10-11-12-16(19)14-18(7-3,8-4)13-15(6-2)17(20)21/h15-16,19H,5-14H2,1-4H3. The van der Waals surface area contributed by atoms with E-state index in [1.54, 1.807) is 0 Å². The molecule has 1 N–H and O–H groups in total. The SMILES string of the molecule is CCCCCCC(O)C[N+](CC)(CC)CC(CC)C(=O)[O-]. The van der Waals surface area contributed by atoms with E-state index in [0.717, 1.165) is 25.9 Å². The topological polar surface area (TPSA) is 60.4 Å². The van der Waals surface area contributed by atoms with Crippen molar-refractivity contribution in [2.45, 2.75) is 72.3 Å². The first-order valence-corrected chi connectivity index (χ1v) is 8.68. The maximum atomic E-state index is 11.2. The zero-order valence-corrected chi connectivity index (χ0v) is 14.4. The fourth-order valence-electron chi connectivity index (χ4n) is 3.00. The van der Waals surface area contributed by atoms with Crippen LogP contribution >= 0.6 is 0 Å². The average molecular weight is 301 g/mol. The summed E-state index contributed by atoms with van der Waals surface area (Å²) in [4.78, 5) is 11.2.